The van der Waals surface area contributed by atoms with Crippen molar-refractivity contribution in [2.45, 2.75) is 19.4 Å². The highest BCUT2D eigenvalue weighted by molar-refractivity contribution is 7.14. The van der Waals surface area contributed by atoms with Gasteiger partial charge in [0, 0.05) is 21.7 Å². The maximum Gasteiger partial charge on any atom is 0.101 e. The molecular formula is C18H15ClNOS. The van der Waals surface area contributed by atoms with E-state index in [1.54, 1.807) is 37.4 Å². The number of pyridine rings is 1. The molecule has 0 atom stereocenters. The lowest BCUT2D eigenvalue weighted by Crippen LogP contribution is -2.17. The first-order chi connectivity index (χ1) is 10.4. The van der Waals surface area contributed by atoms with Crippen molar-refractivity contribution in [3.8, 4) is 21.6 Å². The number of aromatic nitrogens is 1. The van der Waals surface area contributed by atoms with E-state index in [9.17, 15) is 5.11 Å². The van der Waals surface area contributed by atoms with E-state index in [1.807, 2.05) is 24.3 Å². The van der Waals surface area contributed by atoms with Crippen LogP contribution in [0.1, 0.15) is 19.5 Å². The number of benzene rings is 1. The molecule has 0 unspecified atom stereocenters. The van der Waals surface area contributed by atoms with Crippen molar-refractivity contribution in [2.24, 2.45) is 0 Å². The molecule has 3 rings (SSSR count). The van der Waals surface area contributed by atoms with Gasteiger partial charge < -0.3 is 5.11 Å². The Morgan fingerprint density at radius 2 is 2.05 bits per heavy atom. The molecule has 0 spiro atoms. The molecule has 0 aliphatic carbocycles. The van der Waals surface area contributed by atoms with Crippen LogP contribution in [0.4, 0.5) is 0 Å². The standard InChI is InChI=1S/C18H15ClNOS/c1-18(2,21)17-10-12(7-8-20-17)13-9-16(22-11-13)14-5-3-4-6-15(14)19/h3,5-11,21H,1-2H3. The fourth-order valence-corrected chi connectivity index (χ4v) is 3.43. The zero-order valence-electron chi connectivity index (χ0n) is 12.3. The molecule has 2 nitrogen and oxygen atoms in total. The summed E-state index contributed by atoms with van der Waals surface area (Å²) < 4.78 is 0. The second kappa shape index (κ2) is 5.84. The Morgan fingerprint density at radius 3 is 2.77 bits per heavy atom. The van der Waals surface area contributed by atoms with Gasteiger partial charge in [0.15, 0.2) is 0 Å². The van der Waals surface area contributed by atoms with Crippen LogP contribution in [0.15, 0.2) is 48.0 Å². The molecule has 0 saturated carbocycles. The SMILES string of the molecule is CC(C)(O)c1cc(-c2csc(-c3cc[c]cc3Cl)c2)ccn1. The minimum Gasteiger partial charge on any atom is -0.384 e. The summed E-state index contributed by atoms with van der Waals surface area (Å²) in [5.41, 5.74) is 2.84. The average Bonchev–Trinajstić information content (AvgIpc) is 2.97. The third-order valence-electron chi connectivity index (χ3n) is 3.40. The molecule has 1 N–H and O–H groups in total. The second-order valence-corrected chi connectivity index (χ2v) is 6.91. The lowest BCUT2D eigenvalue weighted by Gasteiger charge is -2.16. The van der Waals surface area contributed by atoms with Crippen molar-refractivity contribution in [1.29, 1.82) is 0 Å². The van der Waals surface area contributed by atoms with Crippen LogP contribution >= 0.6 is 22.9 Å². The van der Waals surface area contributed by atoms with Crippen molar-refractivity contribution in [1.82, 2.24) is 4.98 Å². The fraction of sp³-hybridized carbons (Fsp3) is 0.167. The molecule has 3 aromatic rings. The summed E-state index contributed by atoms with van der Waals surface area (Å²) >= 11 is 7.88. The maximum atomic E-state index is 10.1. The molecule has 22 heavy (non-hydrogen) atoms. The number of thiophene rings is 1. The van der Waals surface area contributed by atoms with Gasteiger partial charge in [0.2, 0.25) is 0 Å². The Kier molecular flexibility index (Phi) is 4.04. The zero-order valence-corrected chi connectivity index (χ0v) is 13.9. The largest absolute Gasteiger partial charge is 0.384 e. The van der Waals surface area contributed by atoms with Gasteiger partial charge in [-0.05, 0) is 60.7 Å². The van der Waals surface area contributed by atoms with Gasteiger partial charge in [0.25, 0.3) is 0 Å². The van der Waals surface area contributed by atoms with E-state index in [0.717, 1.165) is 21.6 Å². The first-order valence-electron chi connectivity index (χ1n) is 6.89. The molecule has 2 aromatic heterocycles. The van der Waals surface area contributed by atoms with Crippen molar-refractivity contribution in [3.05, 3.63) is 64.8 Å². The quantitative estimate of drug-likeness (QED) is 0.720. The zero-order chi connectivity index (χ0) is 15.7. The highest BCUT2D eigenvalue weighted by atomic mass is 35.5. The van der Waals surface area contributed by atoms with Gasteiger partial charge in [-0.15, -0.1) is 11.3 Å². The minimum atomic E-state index is -0.951. The van der Waals surface area contributed by atoms with E-state index < -0.39 is 5.60 Å². The Balaban J connectivity index is 2.00. The molecule has 1 aromatic carbocycles. The van der Waals surface area contributed by atoms with Crippen LogP contribution in [0.5, 0.6) is 0 Å². The molecule has 0 aliphatic rings. The molecule has 0 bridgehead atoms. The van der Waals surface area contributed by atoms with E-state index in [-0.39, 0.29) is 0 Å². The van der Waals surface area contributed by atoms with Crippen LogP contribution in [-0.4, -0.2) is 10.1 Å². The molecule has 0 saturated heterocycles. The summed E-state index contributed by atoms with van der Waals surface area (Å²) in [6.07, 6.45) is 1.73. The van der Waals surface area contributed by atoms with Crippen molar-refractivity contribution in [3.63, 3.8) is 0 Å². The smallest absolute Gasteiger partial charge is 0.101 e. The van der Waals surface area contributed by atoms with Gasteiger partial charge in [-0.1, -0.05) is 23.7 Å². The first kappa shape index (κ1) is 15.2. The van der Waals surface area contributed by atoms with Crippen LogP contribution in [0.25, 0.3) is 21.6 Å². The second-order valence-electron chi connectivity index (χ2n) is 5.59. The summed E-state index contributed by atoms with van der Waals surface area (Å²) in [4.78, 5) is 5.35. The molecule has 0 fully saturated rings. The predicted molar refractivity (Wildman–Crippen MR) is 92.1 cm³/mol. The van der Waals surface area contributed by atoms with Gasteiger partial charge in [-0.2, -0.15) is 0 Å². The molecule has 0 amide bonds. The fourth-order valence-electron chi connectivity index (χ4n) is 2.18. The molecule has 1 radical (unpaired) electrons. The Hall–Kier alpha value is -1.68. The number of rotatable bonds is 3. The van der Waals surface area contributed by atoms with E-state index in [4.69, 9.17) is 11.6 Å². The van der Waals surface area contributed by atoms with E-state index >= 15 is 0 Å². The minimum absolute atomic E-state index is 0.657. The lowest BCUT2D eigenvalue weighted by molar-refractivity contribution is 0.0739. The number of hydrogen-bond acceptors (Lipinski definition) is 3. The van der Waals surface area contributed by atoms with Gasteiger partial charge in [-0.3, -0.25) is 4.98 Å². The number of nitrogens with zero attached hydrogens (tertiary/aromatic N) is 1. The van der Waals surface area contributed by atoms with Gasteiger partial charge in [0.1, 0.15) is 5.60 Å². The summed E-state index contributed by atoms with van der Waals surface area (Å²) in [5.74, 6) is 0. The van der Waals surface area contributed by atoms with E-state index in [2.05, 4.69) is 22.5 Å². The lowest BCUT2D eigenvalue weighted by atomic mass is 10.0. The van der Waals surface area contributed by atoms with Gasteiger partial charge in [-0.25, -0.2) is 0 Å². The highest BCUT2D eigenvalue weighted by Crippen LogP contribution is 2.36. The first-order valence-corrected chi connectivity index (χ1v) is 8.15. The van der Waals surface area contributed by atoms with Crippen LogP contribution in [0.3, 0.4) is 0 Å². The highest BCUT2D eigenvalue weighted by Gasteiger charge is 2.18. The number of hydrogen-bond donors (Lipinski definition) is 1. The third-order valence-corrected chi connectivity index (χ3v) is 4.67. The van der Waals surface area contributed by atoms with Crippen molar-refractivity contribution in [2.75, 3.05) is 0 Å². The molecule has 2 heterocycles. The van der Waals surface area contributed by atoms with Gasteiger partial charge in [0.05, 0.1) is 5.69 Å². The average molecular weight is 329 g/mol. The number of aliphatic hydroxyl groups is 1. The van der Waals surface area contributed by atoms with Gasteiger partial charge >= 0.3 is 0 Å². The Morgan fingerprint density at radius 1 is 1.23 bits per heavy atom. The predicted octanol–water partition coefficient (Wildman–Crippen LogP) is 5.16. The topological polar surface area (TPSA) is 33.1 Å². The summed E-state index contributed by atoms with van der Waals surface area (Å²) in [7, 11) is 0. The van der Waals surface area contributed by atoms with Crippen LogP contribution in [0, 0.1) is 6.07 Å². The summed E-state index contributed by atoms with van der Waals surface area (Å²) in [6, 6.07) is 14.5. The Labute approximate surface area is 139 Å². The van der Waals surface area contributed by atoms with Crippen molar-refractivity contribution >= 4 is 22.9 Å². The van der Waals surface area contributed by atoms with Crippen LogP contribution in [-0.2, 0) is 5.60 Å². The summed E-state index contributed by atoms with van der Waals surface area (Å²) in [5, 5.41) is 12.9. The molecular weight excluding hydrogens is 314 g/mol. The molecule has 111 valence electrons. The number of halogens is 1. The van der Waals surface area contributed by atoms with Crippen LogP contribution in [0.2, 0.25) is 5.02 Å². The van der Waals surface area contributed by atoms with E-state index in [1.165, 1.54) is 0 Å². The van der Waals surface area contributed by atoms with Crippen molar-refractivity contribution < 1.29 is 5.11 Å². The van der Waals surface area contributed by atoms with Crippen LogP contribution < -0.4 is 0 Å². The monoisotopic (exact) mass is 328 g/mol. The molecule has 0 aliphatic heterocycles. The third kappa shape index (κ3) is 3.07. The normalized spacial score (nSPS) is 11.6. The summed E-state index contributed by atoms with van der Waals surface area (Å²) in [6.45, 7) is 3.47. The molecule has 4 heteroatoms. The Bertz CT molecular complexity index is 805. The van der Waals surface area contributed by atoms with E-state index in [0.29, 0.717) is 10.7 Å². The maximum absolute atomic E-state index is 10.1.